The van der Waals surface area contributed by atoms with E-state index in [9.17, 15) is 4.79 Å². The summed E-state index contributed by atoms with van der Waals surface area (Å²) in [5.74, 6) is 0.250. The first-order valence-corrected chi connectivity index (χ1v) is 6.46. The fourth-order valence-electron chi connectivity index (χ4n) is 1.23. The summed E-state index contributed by atoms with van der Waals surface area (Å²) in [7, 11) is 0. The fourth-order valence-corrected chi connectivity index (χ4v) is 1.84. The molecule has 17 heavy (non-hydrogen) atoms. The molecule has 0 saturated heterocycles. The van der Waals surface area contributed by atoms with Gasteiger partial charge in [-0.15, -0.1) is 11.8 Å². The van der Waals surface area contributed by atoms with Crippen LogP contribution in [-0.4, -0.2) is 28.6 Å². The topological polar surface area (TPSA) is 75.3 Å². The highest BCUT2D eigenvalue weighted by Crippen LogP contribution is 2.18. The number of aliphatic hydroxyl groups excluding tert-OH is 1. The molecule has 0 heterocycles. The van der Waals surface area contributed by atoms with Crippen LogP contribution in [0.1, 0.15) is 12.5 Å². The monoisotopic (exact) mass is 254 g/mol. The van der Waals surface area contributed by atoms with E-state index in [1.165, 1.54) is 11.8 Å². The van der Waals surface area contributed by atoms with Crippen LogP contribution in [0.5, 0.6) is 0 Å². The van der Waals surface area contributed by atoms with E-state index in [2.05, 4.69) is 5.32 Å². The number of hydrogen-bond donors (Lipinski definition) is 3. The molecule has 4 N–H and O–H groups in total. The Morgan fingerprint density at radius 3 is 2.94 bits per heavy atom. The van der Waals surface area contributed by atoms with E-state index >= 15 is 0 Å². The lowest BCUT2D eigenvalue weighted by Gasteiger charge is -2.10. The lowest BCUT2D eigenvalue weighted by molar-refractivity contribution is -0.113. The minimum absolute atomic E-state index is 0.0719. The second-order valence-electron chi connectivity index (χ2n) is 3.93. The molecule has 0 aromatic heterocycles. The van der Waals surface area contributed by atoms with Crippen molar-refractivity contribution in [1.82, 2.24) is 0 Å². The molecule has 0 spiro atoms. The van der Waals surface area contributed by atoms with E-state index in [-0.39, 0.29) is 17.8 Å². The fraction of sp³-hybridized carbons (Fsp3) is 0.417. The van der Waals surface area contributed by atoms with Crippen molar-refractivity contribution in [2.45, 2.75) is 19.1 Å². The van der Waals surface area contributed by atoms with E-state index in [1.807, 2.05) is 19.9 Å². The normalized spacial score (nSPS) is 12.2. The lowest BCUT2D eigenvalue weighted by atomic mass is 10.2. The molecule has 0 aliphatic rings. The third-order valence-electron chi connectivity index (χ3n) is 2.29. The van der Waals surface area contributed by atoms with Crippen molar-refractivity contribution in [2.75, 3.05) is 23.4 Å². The van der Waals surface area contributed by atoms with Gasteiger partial charge in [-0.1, -0.05) is 13.0 Å². The largest absolute Gasteiger partial charge is 0.399 e. The first-order chi connectivity index (χ1) is 8.02. The molecule has 1 atom stereocenters. The molecule has 0 bridgehead atoms. The highest BCUT2D eigenvalue weighted by molar-refractivity contribution is 8.00. The molecule has 1 unspecified atom stereocenters. The second-order valence-corrected chi connectivity index (χ2v) is 5.35. The Bertz CT molecular complexity index is 396. The molecule has 1 aromatic rings. The van der Waals surface area contributed by atoms with E-state index < -0.39 is 0 Å². The van der Waals surface area contributed by atoms with Crippen LogP contribution in [0.3, 0.4) is 0 Å². The van der Waals surface area contributed by atoms with Gasteiger partial charge in [0.1, 0.15) is 0 Å². The summed E-state index contributed by atoms with van der Waals surface area (Å²) >= 11 is 1.42. The van der Waals surface area contributed by atoms with Crippen molar-refractivity contribution in [1.29, 1.82) is 0 Å². The number of aryl methyl sites for hydroxylation is 1. The first kappa shape index (κ1) is 13.9. The average molecular weight is 254 g/mol. The zero-order valence-corrected chi connectivity index (χ0v) is 10.9. The number of rotatable bonds is 5. The van der Waals surface area contributed by atoms with Gasteiger partial charge >= 0.3 is 0 Å². The van der Waals surface area contributed by atoms with Crippen molar-refractivity contribution >= 4 is 29.0 Å². The van der Waals surface area contributed by atoms with Crippen LogP contribution < -0.4 is 11.1 Å². The molecule has 1 amide bonds. The number of nitrogens with two attached hydrogens (primary N) is 1. The first-order valence-electron chi connectivity index (χ1n) is 5.41. The zero-order valence-electron chi connectivity index (χ0n) is 10.1. The van der Waals surface area contributed by atoms with Crippen LogP contribution in [0.2, 0.25) is 0 Å². The minimum Gasteiger partial charge on any atom is -0.399 e. The van der Waals surface area contributed by atoms with Crippen LogP contribution >= 0.6 is 11.8 Å². The summed E-state index contributed by atoms with van der Waals surface area (Å²) in [6, 6.07) is 5.41. The Morgan fingerprint density at radius 1 is 1.59 bits per heavy atom. The number of hydrogen-bond acceptors (Lipinski definition) is 4. The lowest BCUT2D eigenvalue weighted by Crippen LogP contribution is -2.17. The third kappa shape index (κ3) is 4.66. The molecule has 94 valence electrons. The van der Waals surface area contributed by atoms with Crippen molar-refractivity contribution in [3.05, 3.63) is 23.8 Å². The number of thioether (sulfide) groups is 1. The number of benzene rings is 1. The standard InChI is InChI=1S/C12H18N2O2S/c1-8-3-4-10(13)5-11(8)14-12(16)7-17-9(2)6-15/h3-5,9,15H,6-7,13H2,1-2H3,(H,14,16). The van der Waals surface area contributed by atoms with Crippen LogP contribution in [0.4, 0.5) is 11.4 Å². The molecular weight excluding hydrogens is 236 g/mol. The number of anilines is 2. The Morgan fingerprint density at radius 2 is 2.29 bits per heavy atom. The molecule has 0 saturated carbocycles. The number of nitrogens with one attached hydrogen (secondary N) is 1. The second kappa shape index (κ2) is 6.51. The van der Waals surface area contributed by atoms with Gasteiger partial charge in [-0.3, -0.25) is 4.79 Å². The maximum atomic E-state index is 11.6. The highest BCUT2D eigenvalue weighted by atomic mass is 32.2. The van der Waals surface area contributed by atoms with Crippen molar-refractivity contribution < 1.29 is 9.90 Å². The molecule has 4 nitrogen and oxygen atoms in total. The van der Waals surface area contributed by atoms with Crippen LogP contribution in [0.25, 0.3) is 0 Å². The summed E-state index contributed by atoms with van der Waals surface area (Å²) in [6.45, 7) is 3.87. The minimum atomic E-state index is -0.0796. The molecule has 0 aliphatic carbocycles. The van der Waals surface area contributed by atoms with E-state index in [1.54, 1.807) is 12.1 Å². The molecule has 5 heteroatoms. The highest BCUT2D eigenvalue weighted by Gasteiger charge is 2.08. The van der Waals surface area contributed by atoms with E-state index in [0.717, 1.165) is 11.3 Å². The Kier molecular flexibility index (Phi) is 5.31. The van der Waals surface area contributed by atoms with Gasteiger partial charge in [0.05, 0.1) is 12.4 Å². The molecule has 0 aliphatic heterocycles. The summed E-state index contributed by atoms with van der Waals surface area (Å²) < 4.78 is 0. The smallest absolute Gasteiger partial charge is 0.234 e. The quantitative estimate of drug-likeness (QED) is 0.698. The maximum Gasteiger partial charge on any atom is 0.234 e. The molecule has 0 fully saturated rings. The maximum absolute atomic E-state index is 11.6. The predicted molar refractivity (Wildman–Crippen MR) is 73.2 cm³/mol. The van der Waals surface area contributed by atoms with Gasteiger partial charge in [0.2, 0.25) is 5.91 Å². The molecular formula is C12H18N2O2S. The predicted octanol–water partition coefficient (Wildman–Crippen LogP) is 1.63. The van der Waals surface area contributed by atoms with Gasteiger partial charge in [-0.25, -0.2) is 0 Å². The van der Waals surface area contributed by atoms with Gasteiger partial charge in [-0.2, -0.15) is 0 Å². The average Bonchev–Trinajstić information content (AvgIpc) is 2.30. The Hall–Kier alpha value is -1.20. The van der Waals surface area contributed by atoms with Gasteiger partial charge in [0, 0.05) is 16.6 Å². The Labute approximate surface area is 106 Å². The van der Waals surface area contributed by atoms with Gasteiger partial charge in [0.25, 0.3) is 0 Å². The number of carbonyl (C=O) groups is 1. The number of amides is 1. The van der Waals surface area contributed by atoms with Crippen LogP contribution in [-0.2, 0) is 4.79 Å². The number of nitrogen functional groups attached to an aromatic ring is 1. The molecule has 1 rings (SSSR count). The number of aliphatic hydroxyl groups is 1. The zero-order chi connectivity index (χ0) is 12.8. The number of carbonyl (C=O) groups excluding carboxylic acids is 1. The van der Waals surface area contributed by atoms with Crippen molar-refractivity contribution in [2.24, 2.45) is 0 Å². The van der Waals surface area contributed by atoms with E-state index in [4.69, 9.17) is 10.8 Å². The van der Waals surface area contributed by atoms with E-state index in [0.29, 0.717) is 11.4 Å². The SMILES string of the molecule is Cc1ccc(N)cc1NC(=O)CSC(C)CO. The van der Waals surface area contributed by atoms with Gasteiger partial charge < -0.3 is 16.2 Å². The van der Waals surface area contributed by atoms with Crippen LogP contribution in [0, 0.1) is 6.92 Å². The molecule has 1 aromatic carbocycles. The Balaban J connectivity index is 2.53. The van der Waals surface area contributed by atoms with Crippen LogP contribution in [0.15, 0.2) is 18.2 Å². The molecule has 0 radical (unpaired) electrons. The van der Waals surface area contributed by atoms with Crippen molar-refractivity contribution in [3.63, 3.8) is 0 Å². The summed E-state index contributed by atoms with van der Waals surface area (Å²) in [4.78, 5) is 11.6. The summed E-state index contributed by atoms with van der Waals surface area (Å²) in [5.41, 5.74) is 8.01. The van der Waals surface area contributed by atoms with Gasteiger partial charge in [0.15, 0.2) is 0 Å². The summed E-state index contributed by atoms with van der Waals surface area (Å²) in [6.07, 6.45) is 0. The van der Waals surface area contributed by atoms with Gasteiger partial charge in [-0.05, 0) is 24.6 Å². The summed E-state index contributed by atoms with van der Waals surface area (Å²) in [5, 5.41) is 11.7. The third-order valence-corrected chi connectivity index (χ3v) is 3.44. The van der Waals surface area contributed by atoms with Crippen molar-refractivity contribution in [3.8, 4) is 0 Å².